The zero-order valence-electron chi connectivity index (χ0n) is 10.4. The van der Waals surface area contributed by atoms with Gasteiger partial charge in [-0.05, 0) is 5.56 Å². The van der Waals surface area contributed by atoms with E-state index in [-0.39, 0.29) is 26.2 Å². The number of aliphatic hydroxyl groups is 1. The summed E-state index contributed by atoms with van der Waals surface area (Å²) in [5.74, 6) is -1.61. The van der Waals surface area contributed by atoms with E-state index in [4.69, 9.17) is 14.9 Å². The number of hydrogen-bond donors (Lipinski definition) is 3. The molecule has 0 aromatic heterocycles. The van der Waals surface area contributed by atoms with E-state index in [0.717, 1.165) is 5.56 Å². The Balaban J connectivity index is 2.49. The molecule has 0 fully saturated rings. The molecule has 1 aromatic rings. The molecule has 0 aliphatic rings. The van der Waals surface area contributed by atoms with Crippen molar-refractivity contribution in [3.63, 3.8) is 0 Å². The summed E-state index contributed by atoms with van der Waals surface area (Å²) in [6, 6.07) is 8.04. The van der Waals surface area contributed by atoms with Gasteiger partial charge in [-0.2, -0.15) is 0 Å². The molecule has 3 N–H and O–H groups in total. The molecule has 0 aliphatic carbocycles. The molecule has 104 valence electrons. The second kappa shape index (κ2) is 8.23. The van der Waals surface area contributed by atoms with Crippen molar-refractivity contribution in [2.75, 3.05) is 19.8 Å². The Morgan fingerprint density at radius 3 is 2.53 bits per heavy atom. The van der Waals surface area contributed by atoms with Crippen molar-refractivity contribution >= 4 is 11.9 Å². The molecule has 1 amide bonds. The molecule has 0 spiro atoms. The molecule has 0 heterocycles. The van der Waals surface area contributed by atoms with E-state index in [9.17, 15) is 9.59 Å². The molecule has 0 radical (unpaired) electrons. The molecule has 0 saturated heterocycles. The Labute approximate surface area is 111 Å². The third-order valence-electron chi connectivity index (χ3n) is 2.38. The van der Waals surface area contributed by atoms with Crippen molar-refractivity contribution in [3.8, 4) is 0 Å². The first-order valence-electron chi connectivity index (χ1n) is 5.88. The van der Waals surface area contributed by atoms with Gasteiger partial charge in [0, 0.05) is 6.42 Å². The molecule has 1 aromatic carbocycles. The normalized spacial score (nSPS) is 11.8. The lowest BCUT2D eigenvalue weighted by Crippen LogP contribution is -2.43. The van der Waals surface area contributed by atoms with Gasteiger partial charge in [0.05, 0.1) is 13.2 Å². The molecular formula is C13H17NO5. The number of benzene rings is 1. The Bertz CT molecular complexity index is 407. The van der Waals surface area contributed by atoms with Crippen LogP contribution in [-0.4, -0.2) is 48.0 Å². The fourth-order valence-electron chi connectivity index (χ4n) is 1.52. The zero-order chi connectivity index (χ0) is 14.1. The van der Waals surface area contributed by atoms with Crippen LogP contribution in [0.2, 0.25) is 0 Å². The number of carboxylic acids is 1. The van der Waals surface area contributed by atoms with Gasteiger partial charge < -0.3 is 20.3 Å². The predicted molar refractivity (Wildman–Crippen MR) is 67.6 cm³/mol. The third-order valence-corrected chi connectivity index (χ3v) is 2.38. The van der Waals surface area contributed by atoms with E-state index in [0.29, 0.717) is 0 Å². The minimum absolute atomic E-state index is 0.0455. The van der Waals surface area contributed by atoms with Crippen LogP contribution in [0.5, 0.6) is 0 Å². The molecule has 1 rings (SSSR count). The van der Waals surface area contributed by atoms with E-state index >= 15 is 0 Å². The number of amides is 1. The number of carbonyl (C=O) groups is 2. The van der Waals surface area contributed by atoms with E-state index in [1.807, 2.05) is 6.07 Å². The van der Waals surface area contributed by atoms with Crippen LogP contribution in [0.25, 0.3) is 0 Å². The monoisotopic (exact) mass is 267 g/mol. The van der Waals surface area contributed by atoms with Crippen molar-refractivity contribution in [2.45, 2.75) is 12.5 Å². The van der Waals surface area contributed by atoms with Gasteiger partial charge in [-0.1, -0.05) is 30.3 Å². The lowest BCUT2D eigenvalue weighted by atomic mass is 10.1. The summed E-state index contributed by atoms with van der Waals surface area (Å²) in [4.78, 5) is 22.5. The van der Waals surface area contributed by atoms with Crippen LogP contribution in [0, 0.1) is 0 Å². The number of hydrogen-bond acceptors (Lipinski definition) is 4. The van der Waals surface area contributed by atoms with E-state index in [2.05, 4.69) is 5.32 Å². The summed E-state index contributed by atoms with van der Waals surface area (Å²) in [5.41, 5.74) is 0.825. The summed E-state index contributed by atoms with van der Waals surface area (Å²) in [7, 11) is 0. The van der Waals surface area contributed by atoms with Crippen LogP contribution in [0.4, 0.5) is 0 Å². The zero-order valence-corrected chi connectivity index (χ0v) is 10.4. The standard InChI is InChI=1S/C13H17NO5/c15-6-7-19-9-12(16)14-11(13(17)18)8-10-4-2-1-3-5-10/h1-5,11,15H,6-9H2,(H,14,16)(H,17,18)/t11-/m0/s1. The summed E-state index contributed by atoms with van der Waals surface area (Å²) in [6.45, 7) is -0.400. The van der Waals surface area contributed by atoms with Gasteiger partial charge in [0.1, 0.15) is 12.6 Å². The molecule has 0 saturated carbocycles. The SMILES string of the molecule is O=C(COCCO)N[C@@H](Cc1ccccc1)C(=O)O. The van der Waals surface area contributed by atoms with Crippen LogP contribution < -0.4 is 5.32 Å². The van der Waals surface area contributed by atoms with E-state index in [1.165, 1.54) is 0 Å². The molecule has 6 nitrogen and oxygen atoms in total. The largest absolute Gasteiger partial charge is 0.480 e. The minimum Gasteiger partial charge on any atom is -0.480 e. The highest BCUT2D eigenvalue weighted by Crippen LogP contribution is 2.03. The average molecular weight is 267 g/mol. The Morgan fingerprint density at radius 1 is 1.26 bits per heavy atom. The van der Waals surface area contributed by atoms with Crippen LogP contribution in [0.3, 0.4) is 0 Å². The van der Waals surface area contributed by atoms with Gasteiger partial charge in [0.15, 0.2) is 0 Å². The first-order chi connectivity index (χ1) is 9.13. The summed E-state index contributed by atoms with van der Waals surface area (Å²) >= 11 is 0. The molecule has 0 unspecified atom stereocenters. The smallest absolute Gasteiger partial charge is 0.326 e. The van der Waals surface area contributed by atoms with Crippen molar-refractivity contribution < 1.29 is 24.5 Å². The van der Waals surface area contributed by atoms with E-state index < -0.39 is 17.9 Å². The van der Waals surface area contributed by atoms with Gasteiger partial charge in [-0.15, -0.1) is 0 Å². The molecule has 6 heteroatoms. The number of nitrogens with one attached hydrogen (secondary N) is 1. The number of rotatable bonds is 8. The molecule has 19 heavy (non-hydrogen) atoms. The lowest BCUT2D eigenvalue weighted by Gasteiger charge is -2.14. The van der Waals surface area contributed by atoms with Crippen molar-refractivity contribution in [1.82, 2.24) is 5.32 Å². The number of carbonyl (C=O) groups excluding carboxylic acids is 1. The lowest BCUT2D eigenvalue weighted by molar-refractivity contribution is -0.142. The average Bonchev–Trinajstić information content (AvgIpc) is 2.39. The first-order valence-corrected chi connectivity index (χ1v) is 5.88. The number of ether oxygens (including phenoxy) is 1. The van der Waals surface area contributed by atoms with Gasteiger partial charge in [-0.25, -0.2) is 4.79 Å². The third kappa shape index (κ3) is 5.98. The second-order valence-corrected chi connectivity index (χ2v) is 3.92. The highest BCUT2D eigenvalue weighted by atomic mass is 16.5. The van der Waals surface area contributed by atoms with Crippen LogP contribution in [0.1, 0.15) is 5.56 Å². The van der Waals surface area contributed by atoms with Crippen LogP contribution in [0.15, 0.2) is 30.3 Å². The molecular weight excluding hydrogens is 250 g/mol. The number of aliphatic hydroxyl groups excluding tert-OH is 1. The maximum Gasteiger partial charge on any atom is 0.326 e. The molecule has 0 bridgehead atoms. The van der Waals surface area contributed by atoms with Gasteiger partial charge >= 0.3 is 5.97 Å². The van der Waals surface area contributed by atoms with Crippen LogP contribution in [-0.2, 0) is 20.7 Å². The fraction of sp³-hybridized carbons (Fsp3) is 0.385. The van der Waals surface area contributed by atoms with Crippen LogP contribution >= 0.6 is 0 Å². The summed E-state index contributed by atoms with van der Waals surface area (Å²) < 4.78 is 4.82. The highest BCUT2D eigenvalue weighted by Gasteiger charge is 2.20. The Kier molecular flexibility index (Phi) is 6.56. The maximum absolute atomic E-state index is 11.4. The quantitative estimate of drug-likeness (QED) is 0.567. The maximum atomic E-state index is 11.4. The predicted octanol–water partition coefficient (Wildman–Crippen LogP) is -0.193. The highest BCUT2D eigenvalue weighted by molar-refractivity contribution is 5.84. The van der Waals surface area contributed by atoms with Gasteiger partial charge in [0.2, 0.25) is 5.91 Å². The van der Waals surface area contributed by atoms with Crippen molar-refractivity contribution in [3.05, 3.63) is 35.9 Å². The fourth-order valence-corrected chi connectivity index (χ4v) is 1.52. The van der Waals surface area contributed by atoms with Crippen molar-refractivity contribution in [2.24, 2.45) is 0 Å². The minimum atomic E-state index is -1.10. The second-order valence-electron chi connectivity index (χ2n) is 3.92. The van der Waals surface area contributed by atoms with Gasteiger partial charge in [-0.3, -0.25) is 4.79 Å². The number of carboxylic acid groups (broad SMARTS) is 1. The molecule has 0 aliphatic heterocycles. The first kappa shape index (κ1) is 15.1. The van der Waals surface area contributed by atoms with E-state index in [1.54, 1.807) is 24.3 Å². The van der Waals surface area contributed by atoms with Crippen molar-refractivity contribution in [1.29, 1.82) is 0 Å². The molecule has 1 atom stereocenters. The Hall–Kier alpha value is -1.92. The summed E-state index contributed by atoms with van der Waals surface area (Å²) in [6.07, 6.45) is 0.210. The summed E-state index contributed by atoms with van der Waals surface area (Å²) in [5, 5.41) is 19.9. The number of aliphatic carboxylic acids is 1. The topological polar surface area (TPSA) is 95.9 Å². The Morgan fingerprint density at radius 2 is 1.95 bits per heavy atom. The van der Waals surface area contributed by atoms with Gasteiger partial charge in [0.25, 0.3) is 0 Å².